The fourth-order valence-corrected chi connectivity index (χ4v) is 3.28. The highest BCUT2D eigenvalue weighted by atomic mass is 127. The van der Waals surface area contributed by atoms with Gasteiger partial charge in [0.05, 0.1) is 0 Å². The van der Waals surface area contributed by atoms with Gasteiger partial charge in [0.25, 0.3) is 5.91 Å². The summed E-state index contributed by atoms with van der Waals surface area (Å²) >= 11 is 3.55. The molecule has 1 aromatic heterocycles. The van der Waals surface area contributed by atoms with Crippen LogP contribution in [0, 0.1) is 0 Å². The van der Waals surface area contributed by atoms with Gasteiger partial charge in [-0.15, -0.1) is 24.0 Å². The molecule has 3 rings (SSSR count). The highest BCUT2D eigenvalue weighted by Gasteiger charge is 2.44. The summed E-state index contributed by atoms with van der Waals surface area (Å²) < 4.78 is 6.47. The van der Waals surface area contributed by atoms with E-state index in [1.54, 1.807) is 12.1 Å². The van der Waals surface area contributed by atoms with Crippen LogP contribution < -0.4 is 16.4 Å². The SMILES string of the molecule is CCNC(=NCc1ccc(C(N)=O)o1)NCC1(c2cccc(Br)c2)CC1.I. The van der Waals surface area contributed by atoms with Gasteiger partial charge in [-0.25, -0.2) is 4.99 Å². The van der Waals surface area contributed by atoms with Crippen molar-refractivity contribution >= 4 is 51.8 Å². The zero-order valence-corrected chi connectivity index (χ0v) is 19.0. The van der Waals surface area contributed by atoms with E-state index in [9.17, 15) is 4.79 Å². The van der Waals surface area contributed by atoms with Crippen LogP contribution >= 0.6 is 39.9 Å². The van der Waals surface area contributed by atoms with Crippen molar-refractivity contribution < 1.29 is 9.21 Å². The van der Waals surface area contributed by atoms with Crippen LogP contribution in [-0.4, -0.2) is 25.0 Å². The molecule has 1 saturated carbocycles. The van der Waals surface area contributed by atoms with Gasteiger partial charge in [0.1, 0.15) is 12.3 Å². The van der Waals surface area contributed by atoms with Gasteiger partial charge in [-0.05, 0) is 49.6 Å². The number of hydrogen-bond acceptors (Lipinski definition) is 3. The third-order valence-corrected chi connectivity index (χ3v) is 5.02. The van der Waals surface area contributed by atoms with Gasteiger partial charge >= 0.3 is 0 Å². The van der Waals surface area contributed by atoms with E-state index in [0.29, 0.717) is 12.3 Å². The van der Waals surface area contributed by atoms with Crippen LogP contribution in [0.5, 0.6) is 0 Å². The number of primary amides is 1. The smallest absolute Gasteiger partial charge is 0.284 e. The number of furan rings is 1. The summed E-state index contributed by atoms with van der Waals surface area (Å²) in [5.41, 5.74) is 6.71. The monoisotopic (exact) mass is 546 g/mol. The highest BCUT2D eigenvalue weighted by Crippen LogP contribution is 2.48. The number of carbonyl (C=O) groups is 1. The summed E-state index contributed by atoms with van der Waals surface area (Å²) in [6.45, 7) is 3.95. The van der Waals surface area contributed by atoms with Crippen molar-refractivity contribution in [2.45, 2.75) is 31.7 Å². The first-order valence-corrected chi connectivity index (χ1v) is 9.48. The molecule has 1 heterocycles. The lowest BCUT2D eigenvalue weighted by molar-refractivity contribution is 0.0972. The molecular formula is C19H24BrIN4O2. The molecule has 1 aliphatic carbocycles. The molecule has 8 heteroatoms. The Bertz CT molecular complexity index is 818. The fourth-order valence-electron chi connectivity index (χ4n) is 2.88. The Morgan fingerprint density at radius 1 is 1.30 bits per heavy atom. The van der Waals surface area contributed by atoms with Crippen molar-refractivity contribution in [2.75, 3.05) is 13.1 Å². The van der Waals surface area contributed by atoms with Crippen LogP contribution in [0.25, 0.3) is 0 Å². The number of hydrogen-bond donors (Lipinski definition) is 3. The van der Waals surface area contributed by atoms with E-state index in [2.05, 4.69) is 49.8 Å². The summed E-state index contributed by atoms with van der Waals surface area (Å²) in [5, 5.41) is 6.67. The van der Waals surface area contributed by atoms with Gasteiger partial charge in [-0.3, -0.25) is 4.79 Å². The van der Waals surface area contributed by atoms with Crippen LogP contribution in [0.4, 0.5) is 0 Å². The number of nitrogens with two attached hydrogens (primary N) is 1. The van der Waals surface area contributed by atoms with E-state index in [1.165, 1.54) is 5.56 Å². The Balaban J connectivity index is 0.00000261. The molecule has 146 valence electrons. The molecule has 0 radical (unpaired) electrons. The molecule has 0 unspecified atom stereocenters. The number of benzene rings is 1. The van der Waals surface area contributed by atoms with Crippen molar-refractivity contribution in [3.8, 4) is 0 Å². The number of nitrogens with one attached hydrogen (secondary N) is 2. The first-order valence-electron chi connectivity index (χ1n) is 8.69. The van der Waals surface area contributed by atoms with Crippen molar-refractivity contribution in [1.29, 1.82) is 0 Å². The van der Waals surface area contributed by atoms with Crippen molar-refractivity contribution in [3.63, 3.8) is 0 Å². The van der Waals surface area contributed by atoms with Gasteiger partial charge in [-0.2, -0.15) is 0 Å². The lowest BCUT2D eigenvalue weighted by atomic mass is 9.96. The molecule has 0 bridgehead atoms. The quantitative estimate of drug-likeness (QED) is 0.281. The molecule has 1 amide bonds. The molecule has 6 nitrogen and oxygen atoms in total. The van der Waals surface area contributed by atoms with Gasteiger partial charge in [0.2, 0.25) is 0 Å². The van der Waals surface area contributed by atoms with Crippen LogP contribution in [0.2, 0.25) is 0 Å². The summed E-state index contributed by atoms with van der Waals surface area (Å²) in [6.07, 6.45) is 2.33. The molecule has 27 heavy (non-hydrogen) atoms. The maximum atomic E-state index is 11.1. The maximum Gasteiger partial charge on any atom is 0.284 e. The molecule has 0 aliphatic heterocycles. The molecule has 1 aliphatic rings. The zero-order chi connectivity index (χ0) is 18.6. The predicted molar refractivity (Wildman–Crippen MR) is 121 cm³/mol. The lowest BCUT2D eigenvalue weighted by Crippen LogP contribution is -2.41. The Morgan fingerprint density at radius 2 is 2.07 bits per heavy atom. The van der Waals surface area contributed by atoms with Crippen molar-refractivity contribution in [3.05, 3.63) is 58.0 Å². The lowest BCUT2D eigenvalue weighted by Gasteiger charge is -2.19. The van der Waals surface area contributed by atoms with E-state index in [1.807, 2.05) is 13.0 Å². The number of halogens is 2. The van der Waals surface area contributed by atoms with E-state index in [4.69, 9.17) is 10.2 Å². The van der Waals surface area contributed by atoms with E-state index in [0.717, 1.165) is 36.4 Å². The largest absolute Gasteiger partial charge is 0.454 e. The van der Waals surface area contributed by atoms with Crippen LogP contribution in [0.15, 0.2) is 50.3 Å². The Kier molecular flexibility index (Phi) is 7.72. The first-order chi connectivity index (χ1) is 12.5. The normalized spacial score (nSPS) is 15.0. The zero-order valence-electron chi connectivity index (χ0n) is 15.1. The summed E-state index contributed by atoms with van der Waals surface area (Å²) in [7, 11) is 0. The Labute approximate surface area is 184 Å². The number of amides is 1. The molecule has 2 aromatic rings. The standard InChI is InChI=1S/C19H23BrN4O2.HI/c1-2-22-18(23-11-15-6-7-16(26-15)17(21)25)24-12-19(8-9-19)13-4-3-5-14(20)10-13;/h3-7,10H,2,8-9,11-12H2,1H3,(H2,21,25)(H2,22,23,24);1H. The van der Waals surface area contributed by atoms with E-state index < -0.39 is 5.91 Å². The first kappa shape index (κ1) is 21.7. The second-order valence-corrected chi connectivity index (χ2v) is 7.39. The molecule has 4 N–H and O–H groups in total. The number of guanidine groups is 1. The van der Waals surface area contributed by atoms with E-state index >= 15 is 0 Å². The van der Waals surface area contributed by atoms with Crippen LogP contribution in [0.3, 0.4) is 0 Å². The Hall–Kier alpha value is -1.55. The van der Waals surface area contributed by atoms with Gasteiger partial charge in [0.15, 0.2) is 11.7 Å². The topological polar surface area (TPSA) is 92.6 Å². The van der Waals surface area contributed by atoms with Gasteiger partial charge < -0.3 is 20.8 Å². The molecule has 1 aromatic carbocycles. The Morgan fingerprint density at radius 3 is 2.67 bits per heavy atom. The summed E-state index contributed by atoms with van der Waals surface area (Å²) in [4.78, 5) is 15.6. The number of nitrogens with zero attached hydrogens (tertiary/aromatic N) is 1. The van der Waals surface area contributed by atoms with Gasteiger partial charge in [-0.1, -0.05) is 28.1 Å². The van der Waals surface area contributed by atoms with E-state index in [-0.39, 0.29) is 35.2 Å². The summed E-state index contributed by atoms with van der Waals surface area (Å²) in [5.74, 6) is 0.907. The highest BCUT2D eigenvalue weighted by molar-refractivity contribution is 14.0. The predicted octanol–water partition coefficient (Wildman–Crippen LogP) is 3.55. The minimum Gasteiger partial charge on any atom is -0.454 e. The average molecular weight is 547 g/mol. The third-order valence-electron chi connectivity index (χ3n) is 4.53. The second kappa shape index (κ2) is 9.59. The van der Waals surface area contributed by atoms with Gasteiger partial charge in [0, 0.05) is 23.0 Å². The maximum absolute atomic E-state index is 11.1. The molecule has 0 spiro atoms. The molecule has 0 atom stereocenters. The van der Waals surface area contributed by atoms with Crippen LogP contribution in [-0.2, 0) is 12.0 Å². The number of carbonyl (C=O) groups excluding carboxylic acids is 1. The average Bonchev–Trinajstić information content (AvgIpc) is 3.26. The minimum atomic E-state index is -0.574. The number of rotatable bonds is 7. The fraction of sp³-hybridized carbons (Fsp3) is 0.368. The van der Waals surface area contributed by atoms with Crippen molar-refractivity contribution in [1.82, 2.24) is 10.6 Å². The molecule has 0 saturated heterocycles. The second-order valence-electron chi connectivity index (χ2n) is 6.47. The van der Waals surface area contributed by atoms with Crippen LogP contribution in [0.1, 0.15) is 41.6 Å². The molecular weight excluding hydrogens is 523 g/mol. The molecule has 1 fully saturated rings. The minimum absolute atomic E-state index is 0. The number of aliphatic imine (C=N–C) groups is 1. The third kappa shape index (κ3) is 5.71. The van der Waals surface area contributed by atoms with Crippen molar-refractivity contribution in [2.24, 2.45) is 10.7 Å². The summed E-state index contributed by atoms with van der Waals surface area (Å²) in [6, 6.07) is 11.8.